The monoisotopic (exact) mass is 326 g/mol. The van der Waals surface area contributed by atoms with Crippen LogP contribution in [0.3, 0.4) is 0 Å². The molecule has 3 rings (SSSR count). The van der Waals surface area contributed by atoms with Crippen molar-refractivity contribution < 1.29 is 4.79 Å². The van der Waals surface area contributed by atoms with Crippen LogP contribution in [0.5, 0.6) is 0 Å². The van der Waals surface area contributed by atoms with Crippen LogP contribution in [0.4, 0.5) is 0 Å². The Morgan fingerprint density at radius 1 is 1.08 bits per heavy atom. The minimum atomic E-state index is -0.460. The highest BCUT2D eigenvalue weighted by Crippen LogP contribution is 2.12. The van der Waals surface area contributed by atoms with Crippen molar-refractivity contribution in [2.75, 3.05) is 0 Å². The molecule has 0 atom stereocenters. The lowest BCUT2D eigenvalue weighted by Crippen LogP contribution is -2.37. The normalized spacial score (nSPS) is 11.2. The molecule has 0 spiro atoms. The van der Waals surface area contributed by atoms with E-state index < -0.39 is 11.2 Å². The van der Waals surface area contributed by atoms with Crippen LogP contribution in [0.25, 0.3) is 11.2 Å². The van der Waals surface area contributed by atoms with Crippen LogP contribution in [-0.2, 0) is 20.6 Å². The Bertz CT molecular complexity index is 1090. The first kappa shape index (κ1) is 15.9. The van der Waals surface area contributed by atoms with E-state index in [1.165, 1.54) is 22.5 Å². The Morgan fingerprint density at radius 3 is 2.46 bits per heavy atom. The van der Waals surface area contributed by atoms with Gasteiger partial charge in [0.1, 0.15) is 0 Å². The van der Waals surface area contributed by atoms with E-state index in [-0.39, 0.29) is 23.5 Å². The van der Waals surface area contributed by atoms with Gasteiger partial charge >= 0.3 is 5.69 Å². The lowest BCUT2D eigenvalue weighted by Gasteiger charge is -2.07. The lowest BCUT2D eigenvalue weighted by atomic mass is 10.0. The van der Waals surface area contributed by atoms with Crippen molar-refractivity contribution in [3.8, 4) is 0 Å². The number of Topliss-reactive ketones (excluding diaryl/α,β-unsaturated/α-hetero) is 1. The van der Waals surface area contributed by atoms with Crippen molar-refractivity contribution in [2.45, 2.75) is 20.4 Å². The number of imidazole rings is 1. The molecule has 0 saturated heterocycles. The molecule has 0 saturated carbocycles. The van der Waals surface area contributed by atoms with Crippen molar-refractivity contribution in [2.24, 2.45) is 14.1 Å². The lowest BCUT2D eigenvalue weighted by molar-refractivity contribution is 0.0973. The number of carbonyl (C=O) groups is 1. The van der Waals surface area contributed by atoms with Gasteiger partial charge in [-0.1, -0.05) is 12.1 Å². The number of rotatable bonds is 3. The van der Waals surface area contributed by atoms with Gasteiger partial charge in [0, 0.05) is 19.7 Å². The van der Waals surface area contributed by atoms with Crippen LogP contribution in [0.1, 0.15) is 21.5 Å². The molecule has 124 valence electrons. The van der Waals surface area contributed by atoms with Gasteiger partial charge < -0.3 is 4.57 Å². The fraction of sp³-hybridized carbons (Fsp3) is 0.294. The summed E-state index contributed by atoms with van der Waals surface area (Å²) in [7, 11) is 2.96. The first-order chi connectivity index (χ1) is 11.3. The van der Waals surface area contributed by atoms with Gasteiger partial charge in [-0.2, -0.15) is 0 Å². The van der Waals surface area contributed by atoms with Crippen molar-refractivity contribution in [3.05, 3.63) is 62.1 Å². The van der Waals surface area contributed by atoms with E-state index in [9.17, 15) is 14.4 Å². The molecule has 0 fully saturated rings. The smallest absolute Gasteiger partial charge is 0.317 e. The molecular formula is C17H18N4O3. The molecule has 0 bridgehead atoms. The van der Waals surface area contributed by atoms with Crippen LogP contribution < -0.4 is 11.2 Å². The number of nitrogens with zero attached hydrogens (tertiary/aromatic N) is 4. The number of hydrogen-bond acceptors (Lipinski definition) is 4. The standard InChI is InChI=1S/C17H18N4O3/c1-10-5-6-12(7-11(10)2)13(22)8-21-9-18-15-14(21)16(23)20(4)17(24)19(15)3/h5-7,9H,8H2,1-4H3. The third-order valence-corrected chi connectivity index (χ3v) is 4.36. The Balaban J connectivity index is 2.08. The average Bonchev–Trinajstić information content (AvgIpc) is 2.97. The summed E-state index contributed by atoms with van der Waals surface area (Å²) in [5, 5.41) is 0. The molecule has 0 aliphatic heterocycles. The average molecular weight is 326 g/mol. The predicted octanol–water partition coefficient (Wildman–Crippen LogP) is 0.933. The Hall–Kier alpha value is -2.96. The van der Waals surface area contributed by atoms with E-state index in [1.807, 2.05) is 26.0 Å². The third-order valence-electron chi connectivity index (χ3n) is 4.36. The molecule has 0 aliphatic carbocycles. The molecule has 7 heteroatoms. The van der Waals surface area contributed by atoms with E-state index in [4.69, 9.17) is 0 Å². The molecule has 0 unspecified atom stereocenters. The summed E-state index contributed by atoms with van der Waals surface area (Å²) in [5.41, 5.74) is 2.35. The van der Waals surface area contributed by atoms with Gasteiger partial charge in [-0.05, 0) is 31.0 Å². The van der Waals surface area contributed by atoms with E-state index in [0.29, 0.717) is 5.56 Å². The minimum Gasteiger partial charge on any atom is -0.317 e. The van der Waals surface area contributed by atoms with Crippen molar-refractivity contribution in [3.63, 3.8) is 0 Å². The fourth-order valence-electron chi connectivity index (χ4n) is 2.68. The second kappa shape index (κ2) is 5.59. The van der Waals surface area contributed by atoms with Gasteiger partial charge in [-0.25, -0.2) is 9.78 Å². The van der Waals surface area contributed by atoms with Crippen LogP contribution >= 0.6 is 0 Å². The van der Waals surface area contributed by atoms with Crippen LogP contribution in [0, 0.1) is 13.8 Å². The quantitative estimate of drug-likeness (QED) is 0.671. The molecule has 0 radical (unpaired) electrons. The predicted molar refractivity (Wildman–Crippen MR) is 90.5 cm³/mol. The van der Waals surface area contributed by atoms with Crippen molar-refractivity contribution in [1.82, 2.24) is 18.7 Å². The molecule has 2 aromatic heterocycles. The maximum Gasteiger partial charge on any atom is 0.332 e. The zero-order valence-corrected chi connectivity index (χ0v) is 14.0. The van der Waals surface area contributed by atoms with Gasteiger partial charge in [0.15, 0.2) is 16.9 Å². The molecule has 24 heavy (non-hydrogen) atoms. The van der Waals surface area contributed by atoms with Gasteiger partial charge in [-0.15, -0.1) is 0 Å². The second-order valence-electron chi connectivity index (χ2n) is 5.97. The molecule has 3 aromatic rings. The van der Waals surface area contributed by atoms with E-state index in [2.05, 4.69) is 4.98 Å². The third kappa shape index (κ3) is 2.38. The first-order valence-corrected chi connectivity index (χ1v) is 7.52. The van der Waals surface area contributed by atoms with Gasteiger partial charge in [0.25, 0.3) is 5.56 Å². The minimum absolute atomic E-state index is 0.00750. The Morgan fingerprint density at radius 2 is 1.79 bits per heavy atom. The number of aryl methyl sites for hydroxylation is 3. The summed E-state index contributed by atoms with van der Waals surface area (Å²) in [5.74, 6) is -0.117. The van der Waals surface area contributed by atoms with Crippen LogP contribution in [0.2, 0.25) is 0 Å². The second-order valence-corrected chi connectivity index (χ2v) is 5.97. The summed E-state index contributed by atoms with van der Waals surface area (Å²) in [6.45, 7) is 3.92. The maximum atomic E-state index is 12.5. The molecule has 0 amide bonds. The highest BCUT2D eigenvalue weighted by Gasteiger charge is 2.16. The van der Waals surface area contributed by atoms with Gasteiger partial charge in [0.05, 0.1) is 12.9 Å². The summed E-state index contributed by atoms with van der Waals surface area (Å²) >= 11 is 0. The largest absolute Gasteiger partial charge is 0.332 e. The summed E-state index contributed by atoms with van der Waals surface area (Å²) in [6, 6.07) is 5.51. The molecule has 7 nitrogen and oxygen atoms in total. The van der Waals surface area contributed by atoms with E-state index in [1.54, 1.807) is 13.1 Å². The Kier molecular flexibility index (Phi) is 3.71. The maximum absolute atomic E-state index is 12.5. The molecule has 2 heterocycles. The number of carbonyl (C=O) groups excluding carboxylic acids is 1. The van der Waals surface area contributed by atoms with Crippen molar-refractivity contribution in [1.29, 1.82) is 0 Å². The molecule has 0 aliphatic rings. The van der Waals surface area contributed by atoms with E-state index in [0.717, 1.165) is 15.7 Å². The Labute approximate surface area is 137 Å². The SMILES string of the molecule is Cc1ccc(C(=O)Cn2cnc3c2c(=O)n(C)c(=O)n3C)cc1C. The van der Waals surface area contributed by atoms with E-state index >= 15 is 0 Å². The topological polar surface area (TPSA) is 78.9 Å². The summed E-state index contributed by atoms with van der Waals surface area (Å²) in [4.78, 5) is 41.0. The molecule has 0 N–H and O–H groups in total. The zero-order valence-electron chi connectivity index (χ0n) is 14.0. The highest BCUT2D eigenvalue weighted by molar-refractivity contribution is 5.96. The number of hydrogen-bond donors (Lipinski definition) is 0. The van der Waals surface area contributed by atoms with Crippen LogP contribution in [-0.4, -0.2) is 24.5 Å². The zero-order chi connectivity index (χ0) is 17.6. The highest BCUT2D eigenvalue weighted by atomic mass is 16.2. The number of benzene rings is 1. The van der Waals surface area contributed by atoms with Gasteiger partial charge in [0.2, 0.25) is 0 Å². The molecule has 1 aromatic carbocycles. The first-order valence-electron chi connectivity index (χ1n) is 7.52. The van der Waals surface area contributed by atoms with Crippen LogP contribution in [0.15, 0.2) is 34.1 Å². The fourth-order valence-corrected chi connectivity index (χ4v) is 2.68. The summed E-state index contributed by atoms with van der Waals surface area (Å²) < 4.78 is 3.81. The van der Waals surface area contributed by atoms with Crippen molar-refractivity contribution >= 4 is 16.9 Å². The summed E-state index contributed by atoms with van der Waals surface area (Å²) in [6.07, 6.45) is 1.42. The number of fused-ring (bicyclic) bond motifs is 1. The number of ketones is 1. The number of aromatic nitrogens is 4. The van der Waals surface area contributed by atoms with Gasteiger partial charge in [-0.3, -0.25) is 18.7 Å². The molecular weight excluding hydrogens is 308 g/mol.